The maximum atomic E-state index is 13.3. The van der Waals surface area contributed by atoms with Crippen LogP contribution < -0.4 is 16.0 Å². The summed E-state index contributed by atoms with van der Waals surface area (Å²) >= 11 is 0. The minimum Gasteiger partial charge on any atom is -0.349 e. The molecule has 1 atom stereocenters. The number of benzene rings is 1. The third kappa shape index (κ3) is 3.42. The van der Waals surface area contributed by atoms with Gasteiger partial charge in [0.05, 0.1) is 6.04 Å². The van der Waals surface area contributed by atoms with E-state index >= 15 is 0 Å². The average molecular weight is 373 g/mol. The fourth-order valence-electron chi connectivity index (χ4n) is 4.66. The van der Waals surface area contributed by atoms with Crippen LogP contribution in [0, 0.1) is 17.7 Å². The van der Waals surface area contributed by atoms with Crippen molar-refractivity contribution >= 4 is 17.8 Å². The third-order valence-corrected chi connectivity index (χ3v) is 6.22. The average Bonchev–Trinajstić information content (AvgIpc) is 2.94. The quantitative estimate of drug-likeness (QED) is 0.709. The molecule has 2 aliphatic carbocycles. The minimum absolute atomic E-state index is 0.102. The molecule has 3 N–H and O–H groups in total. The van der Waals surface area contributed by atoms with Crippen LogP contribution in [-0.2, 0) is 9.59 Å². The number of carbonyl (C=O) groups excluding carboxylic acids is 3. The second-order valence-electron chi connectivity index (χ2n) is 8.03. The van der Waals surface area contributed by atoms with Crippen LogP contribution in [0.4, 0.5) is 9.18 Å². The molecule has 1 spiro atoms. The lowest BCUT2D eigenvalue weighted by Crippen LogP contribution is -2.60. The number of rotatable bonds is 4. The zero-order valence-corrected chi connectivity index (χ0v) is 15.1. The Morgan fingerprint density at radius 1 is 1.11 bits per heavy atom. The Balaban J connectivity index is 1.45. The molecular weight excluding hydrogens is 349 g/mol. The molecule has 3 aliphatic rings. The topological polar surface area (TPSA) is 87.3 Å². The molecular formula is C20H24FN3O3. The van der Waals surface area contributed by atoms with Gasteiger partial charge in [-0.1, -0.05) is 31.4 Å². The summed E-state index contributed by atoms with van der Waals surface area (Å²) in [6.45, 7) is 0. The highest BCUT2D eigenvalue weighted by atomic mass is 19.1. The van der Waals surface area contributed by atoms with Gasteiger partial charge in [-0.3, -0.25) is 14.9 Å². The fraction of sp³-hybridized carbons (Fsp3) is 0.550. The smallest absolute Gasteiger partial charge is 0.322 e. The molecule has 1 unspecified atom stereocenters. The van der Waals surface area contributed by atoms with Gasteiger partial charge in [-0.05, 0) is 49.3 Å². The third-order valence-electron chi connectivity index (χ3n) is 6.22. The number of amides is 4. The van der Waals surface area contributed by atoms with Gasteiger partial charge < -0.3 is 10.6 Å². The number of hydrogen-bond acceptors (Lipinski definition) is 3. The molecule has 1 aromatic carbocycles. The molecule has 0 bridgehead atoms. The van der Waals surface area contributed by atoms with Crippen molar-refractivity contribution < 1.29 is 18.8 Å². The SMILES string of the molecule is O=C1NC(=O)C2(CC(C(=O)NC(c3ccc(F)cc3)C3CCCCC3)C2)N1. The maximum absolute atomic E-state index is 13.3. The van der Waals surface area contributed by atoms with Crippen LogP contribution in [0.5, 0.6) is 0 Å². The van der Waals surface area contributed by atoms with Crippen LogP contribution in [0.3, 0.4) is 0 Å². The summed E-state index contributed by atoms with van der Waals surface area (Å²) in [7, 11) is 0. The first-order valence-corrected chi connectivity index (χ1v) is 9.66. The highest BCUT2D eigenvalue weighted by Crippen LogP contribution is 2.41. The Kier molecular flexibility index (Phi) is 4.61. The number of imide groups is 1. The summed E-state index contributed by atoms with van der Waals surface area (Å²) in [5.74, 6) is -0.720. The van der Waals surface area contributed by atoms with E-state index in [1.165, 1.54) is 18.6 Å². The Morgan fingerprint density at radius 3 is 2.37 bits per heavy atom. The Labute approximate surface area is 157 Å². The van der Waals surface area contributed by atoms with Gasteiger partial charge in [0.25, 0.3) is 5.91 Å². The molecule has 4 amide bonds. The van der Waals surface area contributed by atoms with Gasteiger partial charge in [0.15, 0.2) is 0 Å². The molecule has 2 saturated carbocycles. The van der Waals surface area contributed by atoms with Crippen LogP contribution in [0.1, 0.15) is 56.6 Å². The molecule has 4 rings (SSSR count). The van der Waals surface area contributed by atoms with E-state index in [9.17, 15) is 18.8 Å². The van der Waals surface area contributed by atoms with Crippen LogP contribution in [0.25, 0.3) is 0 Å². The summed E-state index contributed by atoms with van der Waals surface area (Å²) in [5.41, 5.74) is -0.00689. The van der Waals surface area contributed by atoms with Crippen molar-refractivity contribution in [3.63, 3.8) is 0 Å². The van der Waals surface area contributed by atoms with Crippen molar-refractivity contribution in [2.24, 2.45) is 11.8 Å². The van der Waals surface area contributed by atoms with Gasteiger partial charge in [0.2, 0.25) is 5.91 Å². The van der Waals surface area contributed by atoms with Gasteiger partial charge in [0, 0.05) is 5.92 Å². The second-order valence-corrected chi connectivity index (χ2v) is 8.03. The first-order valence-electron chi connectivity index (χ1n) is 9.66. The van der Waals surface area contributed by atoms with E-state index in [1.54, 1.807) is 12.1 Å². The lowest BCUT2D eigenvalue weighted by molar-refractivity contribution is -0.137. The first kappa shape index (κ1) is 17.9. The van der Waals surface area contributed by atoms with Crippen LogP contribution in [0.15, 0.2) is 24.3 Å². The van der Waals surface area contributed by atoms with Crippen LogP contribution in [-0.4, -0.2) is 23.4 Å². The highest BCUT2D eigenvalue weighted by molar-refractivity contribution is 6.08. The van der Waals surface area contributed by atoms with Crippen LogP contribution in [0.2, 0.25) is 0 Å². The van der Waals surface area contributed by atoms with Crippen molar-refractivity contribution in [2.75, 3.05) is 0 Å². The van der Waals surface area contributed by atoms with Gasteiger partial charge >= 0.3 is 6.03 Å². The lowest BCUT2D eigenvalue weighted by atomic mass is 9.67. The zero-order valence-electron chi connectivity index (χ0n) is 15.1. The fourth-order valence-corrected chi connectivity index (χ4v) is 4.66. The number of urea groups is 1. The summed E-state index contributed by atoms with van der Waals surface area (Å²) in [5, 5.41) is 8.02. The predicted octanol–water partition coefficient (Wildman–Crippen LogP) is 2.55. The number of halogens is 1. The van der Waals surface area contributed by atoms with Crippen LogP contribution >= 0.6 is 0 Å². The second kappa shape index (κ2) is 6.94. The molecule has 1 heterocycles. The van der Waals surface area contributed by atoms with E-state index in [1.807, 2.05) is 0 Å². The molecule has 1 aliphatic heterocycles. The summed E-state index contributed by atoms with van der Waals surface area (Å²) in [6, 6.07) is 5.68. The maximum Gasteiger partial charge on any atom is 0.322 e. The normalized spacial score (nSPS) is 29.0. The van der Waals surface area contributed by atoms with Gasteiger partial charge in [-0.2, -0.15) is 0 Å². The molecule has 144 valence electrons. The van der Waals surface area contributed by atoms with E-state index in [0.29, 0.717) is 18.8 Å². The van der Waals surface area contributed by atoms with E-state index in [-0.39, 0.29) is 29.6 Å². The van der Waals surface area contributed by atoms with E-state index in [2.05, 4.69) is 16.0 Å². The molecule has 3 fully saturated rings. The van der Waals surface area contributed by atoms with E-state index in [4.69, 9.17) is 0 Å². The molecule has 6 nitrogen and oxygen atoms in total. The standard InChI is InChI=1S/C20H24FN3O3/c21-15-8-6-13(7-9-15)16(12-4-2-1-3-5-12)22-17(25)14-10-20(11-14)18(26)23-19(27)24-20/h6-9,12,14,16H,1-5,10-11H2,(H,22,25)(H2,23,24,26,27). The molecule has 0 aromatic heterocycles. The zero-order chi connectivity index (χ0) is 19.0. The number of carbonyl (C=O) groups is 3. The van der Waals surface area contributed by atoms with Crippen molar-refractivity contribution in [3.05, 3.63) is 35.6 Å². The van der Waals surface area contributed by atoms with Gasteiger partial charge in [-0.15, -0.1) is 0 Å². The molecule has 27 heavy (non-hydrogen) atoms. The monoisotopic (exact) mass is 373 g/mol. The summed E-state index contributed by atoms with van der Waals surface area (Å²) < 4.78 is 13.3. The molecule has 1 aromatic rings. The Bertz CT molecular complexity index is 752. The number of nitrogens with one attached hydrogen (secondary N) is 3. The Hall–Kier alpha value is -2.44. The van der Waals surface area contributed by atoms with Crippen molar-refractivity contribution in [2.45, 2.75) is 56.5 Å². The molecule has 1 saturated heterocycles. The minimum atomic E-state index is -0.921. The predicted molar refractivity (Wildman–Crippen MR) is 96.0 cm³/mol. The highest BCUT2D eigenvalue weighted by Gasteiger charge is 2.57. The number of hydrogen-bond donors (Lipinski definition) is 3. The van der Waals surface area contributed by atoms with Crippen molar-refractivity contribution in [1.29, 1.82) is 0 Å². The molecule has 7 heteroatoms. The van der Waals surface area contributed by atoms with Gasteiger partial charge in [-0.25, -0.2) is 9.18 Å². The largest absolute Gasteiger partial charge is 0.349 e. The first-order chi connectivity index (χ1) is 13.0. The Morgan fingerprint density at radius 2 is 1.78 bits per heavy atom. The summed E-state index contributed by atoms with van der Waals surface area (Å²) in [6.07, 6.45) is 6.19. The van der Waals surface area contributed by atoms with E-state index in [0.717, 1.165) is 31.2 Å². The van der Waals surface area contributed by atoms with Crippen molar-refractivity contribution in [1.82, 2.24) is 16.0 Å². The molecule has 0 radical (unpaired) electrons. The van der Waals surface area contributed by atoms with E-state index < -0.39 is 11.6 Å². The van der Waals surface area contributed by atoms with Crippen molar-refractivity contribution in [3.8, 4) is 0 Å². The van der Waals surface area contributed by atoms with Gasteiger partial charge in [0.1, 0.15) is 11.4 Å². The lowest BCUT2D eigenvalue weighted by Gasteiger charge is -2.42. The summed E-state index contributed by atoms with van der Waals surface area (Å²) in [4.78, 5) is 36.1.